The molecule has 0 radical (unpaired) electrons. The molecule has 1 rings (SSSR count). The largest absolute Gasteiger partial charge is 0.310 e. The van der Waals surface area contributed by atoms with Crippen LogP contribution in [0.5, 0.6) is 0 Å². The first-order valence-corrected chi connectivity index (χ1v) is 8.85. The Labute approximate surface area is 133 Å². The van der Waals surface area contributed by atoms with Crippen LogP contribution >= 0.6 is 11.6 Å². The molecule has 0 aliphatic rings. The summed E-state index contributed by atoms with van der Waals surface area (Å²) in [4.78, 5) is 0.241. The van der Waals surface area contributed by atoms with E-state index in [9.17, 15) is 8.42 Å². The molecular formula is C15H25ClN2O2S. The summed E-state index contributed by atoms with van der Waals surface area (Å²) in [5.74, 6) is 0. The molecule has 0 fully saturated rings. The van der Waals surface area contributed by atoms with Gasteiger partial charge in [0.05, 0.1) is 4.90 Å². The Morgan fingerprint density at radius 3 is 2.29 bits per heavy atom. The average molecular weight is 333 g/mol. The SMILES string of the molecule is Cc1c(CNC(C)C)cc(Cl)cc1S(=O)(=O)NC(C)(C)C. The summed E-state index contributed by atoms with van der Waals surface area (Å²) in [6, 6.07) is 3.63. The van der Waals surface area contributed by atoms with Crippen LogP contribution in [0.1, 0.15) is 45.7 Å². The van der Waals surface area contributed by atoms with E-state index in [1.807, 2.05) is 47.6 Å². The van der Waals surface area contributed by atoms with Crippen molar-refractivity contribution in [2.45, 2.75) is 64.6 Å². The third-order valence-electron chi connectivity index (χ3n) is 2.86. The zero-order chi connectivity index (χ0) is 16.4. The van der Waals surface area contributed by atoms with Crippen LogP contribution in [0.3, 0.4) is 0 Å². The van der Waals surface area contributed by atoms with Crippen LogP contribution < -0.4 is 10.0 Å². The predicted octanol–water partition coefficient (Wildman–Crippen LogP) is 3.22. The van der Waals surface area contributed by atoms with Crippen LogP contribution in [0.25, 0.3) is 0 Å². The Morgan fingerprint density at radius 1 is 1.24 bits per heavy atom. The van der Waals surface area contributed by atoms with Gasteiger partial charge in [-0.05, 0) is 51.0 Å². The van der Waals surface area contributed by atoms with E-state index in [4.69, 9.17) is 11.6 Å². The van der Waals surface area contributed by atoms with Crippen LogP contribution in [0.4, 0.5) is 0 Å². The number of benzene rings is 1. The number of halogens is 1. The molecule has 0 saturated carbocycles. The Morgan fingerprint density at radius 2 is 1.81 bits per heavy atom. The monoisotopic (exact) mass is 332 g/mol. The van der Waals surface area contributed by atoms with E-state index >= 15 is 0 Å². The second-order valence-electron chi connectivity index (χ2n) is 6.58. The number of hydrogen-bond donors (Lipinski definition) is 2. The van der Waals surface area contributed by atoms with Gasteiger partial charge in [0.2, 0.25) is 10.0 Å². The van der Waals surface area contributed by atoms with E-state index in [0.29, 0.717) is 17.6 Å². The van der Waals surface area contributed by atoms with Crippen molar-refractivity contribution in [2.24, 2.45) is 0 Å². The predicted molar refractivity (Wildman–Crippen MR) is 88.2 cm³/mol. The normalized spacial score (nSPS) is 13.0. The molecule has 0 aliphatic heterocycles. The van der Waals surface area contributed by atoms with Gasteiger partial charge >= 0.3 is 0 Å². The van der Waals surface area contributed by atoms with Gasteiger partial charge in [-0.1, -0.05) is 25.4 Å². The maximum atomic E-state index is 12.5. The van der Waals surface area contributed by atoms with E-state index in [1.165, 1.54) is 6.07 Å². The molecule has 0 amide bonds. The third kappa shape index (κ3) is 5.58. The average Bonchev–Trinajstić information content (AvgIpc) is 2.26. The van der Waals surface area contributed by atoms with Crippen LogP contribution in [-0.4, -0.2) is 20.0 Å². The van der Waals surface area contributed by atoms with E-state index in [-0.39, 0.29) is 4.90 Å². The zero-order valence-electron chi connectivity index (χ0n) is 13.5. The number of rotatable bonds is 5. The van der Waals surface area contributed by atoms with E-state index in [2.05, 4.69) is 10.0 Å². The lowest BCUT2D eigenvalue weighted by atomic mass is 10.1. The standard InChI is InChI=1S/C15H25ClN2O2S/c1-10(2)17-9-12-7-13(16)8-14(11(12)3)21(19,20)18-15(4,5)6/h7-8,10,17-18H,9H2,1-6H3. The van der Waals surface area contributed by atoms with E-state index < -0.39 is 15.6 Å². The summed E-state index contributed by atoms with van der Waals surface area (Å²) in [7, 11) is -3.59. The van der Waals surface area contributed by atoms with Gasteiger partial charge in [-0.2, -0.15) is 0 Å². The fourth-order valence-electron chi connectivity index (χ4n) is 1.94. The van der Waals surface area contributed by atoms with Gasteiger partial charge in [0, 0.05) is 23.1 Å². The van der Waals surface area contributed by atoms with Crippen molar-refractivity contribution in [3.05, 3.63) is 28.3 Å². The molecule has 0 saturated heterocycles. The van der Waals surface area contributed by atoms with Crippen molar-refractivity contribution >= 4 is 21.6 Å². The number of hydrogen-bond acceptors (Lipinski definition) is 3. The Hall–Kier alpha value is -0.620. The maximum Gasteiger partial charge on any atom is 0.241 e. The minimum absolute atomic E-state index is 0.241. The zero-order valence-corrected chi connectivity index (χ0v) is 15.1. The number of sulfonamides is 1. The quantitative estimate of drug-likeness (QED) is 0.870. The van der Waals surface area contributed by atoms with Gasteiger partial charge in [-0.3, -0.25) is 0 Å². The maximum absolute atomic E-state index is 12.5. The minimum atomic E-state index is -3.59. The smallest absolute Gasteiger partial charge is 0.241 e. The highest BCUT2D eigenvalue weighted by Crippen LogP contribution is 2.25. The molecule has 0 atom stereocenters. The molecule has 4 nitrogen and oxygen atoms in total. The first kappa shape index (κ1) is 18.4. The highest BCUT2D eigenvalue weighted by atomic mass is 35.5. The molecule has 0 unspecified atom stereocenters. The van der Waals surface area contributed by atoms with Crippen molar-refractivity contribution in [3.63, 3.8) is 0 Å². The summed E-state index contributed by atoms with van der Waals surface area (Å²) >= 11 is 6.09. The Kier molecular flexibility index (Phi) is 5.83. The van der Waals surface area contributed by atoms with Gasteiger partial charge in [0.25, 0.3) is 0 Å². The summed E-state index contributed by atoms with van der Waals surface area (Å²) in [6.45, 7) is 11.9. The third-order valence-corrected chi connectivity index (χ3v) is 4.97. The van der Waals surface area contributed by atoms with Gasteiger partial charge < -0.3 is 5.32 Å². The topological polar surface area (TPSA) is 58.2 Å². The van der Waals surface area contributed by atoms with Gasteiger partial charge in [0.15, 0.2) is 0 Å². The molecule has 120 valence electrons. The molecule has 6 heteroatoms. The summed E-state index contributed by atoms with van der Waals surface area (Å²) in [5, 5.41) is 3.71. The van der Waals surface area contributed by atoms with Crippen molar-refractivity contribution in [3.8, 4) is 0 Å². The highest BCUT2D eigenvalue weighted by Gasteiger charge is 2.25. The lowest BCUT2D eigenvalue weighted by molar-refractivity contribution is 0.491. The lowest BCUT2D eigenvalue weighted by Crippen LogP contribution is -2.40. The fourth-order valence-corrected chi connectivity index (χ4v) is 3.98. The minimum Gasteiger partial charge on any atom is -0.310 e. The highest BCUT2D eigenvalue weighted by molar-refractivity contribution is 7.89. The molecule has 21 heavy (non-hydrogen) atoms. The molecule has 0 aromatic heterocycles. The molecular weight excluding hydrogens is 308 g/mol. The first-order chi connectivity index (χ1) is 9.42. The Balaban J connectivity index is 3.25. The van der Waals surface area contributed by atoms with Crippen LogP contribution in [0, 0.1) is 6.92 Å². The molecule has 2 N–H and O–H groups in total. The fraction of sp³-hybridized carbons (Fsp3) is 0.600. The summed E-state index contributed by atoms with van der Waals surface area (Å²) < 4.78 is 27.7. The van der Waals surface area contributed by atoms with Crippen molar-refractivity contribution in [1.82, 2.24) is 10.0 Å². The molecule has 1 aromatic carbocycles. The Bertz CT molecular complexity index is 605. The van der Waals surface area contributed by atoms with Crippen LogP contribution in [0.2, 0.25) is 5.02 Å². The second-order valence-corrected chi connectivity index (χ2v) is 8.67. The number of nitrogens with one attached hydrogen (secondary N) is 2. The summed E-state index contributed by atoms with van der Waals surface area (Å²) in [6.07, 6.45) is 0. The molecule has 1 aromatic rings. The molecule has 0 spiro atoms. The van der Waals surface area contributed by atoms with Crippen LogP contribution in [0.15, 0.2) is 17.0 Å². The molecule has 0 bridgehead atoms. The molecule has 0 heterocycles. The lowest BCUT2D eigenvalue weighted by Gasteiger charge is -2.22. The van der Waals surface area contributed by atoms with Gasteiger partial charge in [0.1, 0.15) is 0 Å². The molecule has 0 aliphatic carbocycles. The van der Waals surface area contributed by atoms with E-state index in [0.717, 1.165) is 11.1 Å². The first-order valence-electron chi connectivity index (χ1n) is 6.99. The second kappa shape index (κ2) is 6.65. The van der Waals surface area contributed by atoms with Crippen molar-refractivity contribution in [1.29, 1.82) is 0 Å². The van der Waals surface area contributed by atoms with Gasteiger partial charge in [-0.15, -0.1) is 0 Å². The summed E-state index contributed by atoms with van der Waals surface area (Å²) in [5.41, 5.74) is 1.08. The van der Waals surface area contributed by atoms with Crippen LogP contribution in [-0.2, 0) is 16.6 Å². The van der Waals surface area contributed by atoms with Crippen molar-refractivity contribution in [2.75, 3.05) is 0 Å². The van der Waals surface area contributed by atoms with Crippen molar-refractivity contribution < 1.29 is 8.42 Å². The van der Waals surface area contributed by atoms with Gasteiger partial charge in [-0.25, -0.2) is 13.1 Å². The van der Waals surface area contributed by atoms with E-state index in [1.54, 1.807) is 0 Å².